The summed E-state index contributed by atoms with van der Waals surface area (Å²) in [5.41, 5.74) is 0.199. The number of hydrogen-bond donors (Lipinski definition) is 3. The number of H-pyrrole nitrogens is 1. The van der Waals surface area contributed by atoms with Crippen LogP contribution in [0.1, 0.15) is 17.3 Å². The monoisotopic (exact) mass is 289 g/mol. The number of ether oxygens (including phenoxy) is 1. The Morgan fingerprint density at radius 3 is 3.10 bits per heavy atom. The molecule has 1 fully saturated rings. The van der Waals surface area contributed by atoms with Gasteiger partial charge in [-0.3, -0.25) is 14.7 Å². The number of nitrogens with one attached hydrogen (secondary N) is 2. The molecule has 0 spiro atoms. The average Bonchev–Trinajstić information content (AvgIpc) is 3.06. The number of rotatable bonds is 3. The molecule has 2 atom stereocenters. The number of aromatic amines is 1. The number of carboxylic acid groups (broad SMARTS) is 1. The summed E-state index contributed by atoms with van der Waals surface area (Å²) in [7, 11) is 0. The first-order valence-electron chi connectivity index (χ1n) is 6.56. The fourth-order valence-electron chi connectivity index (χ4n) is 2.41. The summed E-state index contributed by atoms with van der Waals surface area (Å²) in [5.74, 6) is -1.29. The van der Waals surface area contributed by atoms with E-state index >= 15 is 0 Å². The lowest BCUT2D eigenvalue weighted by atomic mass is 9.85. The highest BCUT2D eigenvalue weighted by atomic mass is 16.5. The molecule has 3 N–H and O–H groups in total. The molecule has 110 valence electrons. The molecular formula is C14H15N3O4. The van der Waals surface area contributed by atoms with Gasteiger partial charge in [0.15, 0.2) is 0 Å². The summed E-state index contributed by atoms with van der Waals surface area (Å²) in [6.45, 7) is 1.86. The SMILES string of the molecule is CC1(C(=O)O)COCC1NC(=O)c1ccc2[nH]ncc2c1. The van der Waals surface area contributed by atoms with Crippen LogP contribution in [-0.4, -0.2) is 46.4 Å². The van der Waals surface area contributed by atoms with Crippen molar-refractivity contribution >= 4 is 22.8 Å². The Morgan fingerprint density at radius 1 is 1.52 bits per heavy atom. The number of carboxylic acids is 1. The van der Waals surface area contributed by atoms with Gasteiger partial charge in [0.25, 0.3) is 5.91 Å². The fraction of sp³-hybridized carbons (Fsp3) is 0.357. The van der Waals surface area contributed by atoms with E-state index in [1.54, 1.807) is 31.3 Å². The second-order valence-electron chi connectivity index (χ2n) is 5.44. The average molecular weight is 289 g/mol. The van der Waals surface area contributed by atoms with Crippen molar-refractivity contribution in [2.24, 2.45) is 5.41 Å². The van der Waals surface area contributed by atoms with Crippen LogP contribution < -0.4 is 5.32 Å². The number of fused-ring (bicyclic) bond motifs is 1. The van der Waals surface area contributed by atoms with Gasteiger partial charge in [-0.15, -0.1) is 0 Å². The smallest absolute Gasteiger partial charge is 0.313 e. The number of aliphatic carboxylic acids is 1. The van der Waals surface area contributed by atoms with E-state index in [2.05, 4.69) is 15.5 Å². The molecule has 1 amide bonds. The predicted molar refractivity (Wildman–Crippen MR) is 73.9 cm³/mol. The summed E-state index contributed by atoms with van der Waals surface area (Å²) >= 11 is 0. The Morgan fingerprint density at radius 2 is 2.33 bits per heavy atom. The van der Waals surface area contributed by atoms with Gasteiger partial charge in [-0.25, -0.2) is 0 Å². The predicted octanol–water partition coefficient (Wildman–Crippen LogP) is 0.782. The van der Waals surface area contributed by atoms with Crippen LogP contribution in [0.25, 0.3) is 10.9 Å². The Kier molecular flexibility index (Phi) is 3.13. The third-order valence-corrected chi connectivity index (χ3v) is 3.95. The zero-order valence-corrected chi connectivity index (χ0v) is 11.4. The largest absolute Gasteiger partial charge is 0.481 e. The first-order valence-corrected chi connectivity index (χ1v) is 6.56. The lowest BCUT2D eigenvalue weighted by molar-refractivity contribution is -0.148. The molecule has 2 heterocycles. The molecule has 1 aliphatic rings. The maximum atomic E-state index is 12.3. The summed E-state index contributed by atoms with van der Waals surface area (Å²) < 4.78 is 5.22. The Bertz CT molecular complexity index is 711. The molecule has 3 rings (SSSR count). The number of hydrogen-bond acceptors (Lipinski definition) is 4. The number of carbonyl (C=O) groups excluding carboxylic acids is 1. The van der Waals surface area contributed by atoms with Gasteiger partial charge in [0, 0.05) is 10.9 Å². The second-order valence-corrected chi connectivity index (χ2v) is 5.44. The van der Waals surface area contributed by atoms with Crippen LogP contribution in [0.4, 0.5) is 0 Å². The summed E-state index contributed by atoms with van der Waals surface area (Å²) in [6, 6.07) is 4.59. The minimum Gasteiger partial charge on any atom is -0.481 e. The summed E-state index contributed by atoms with van der Waals surface area (Å²) in [6.07, 6.45) is 1.63. The van der Waals surface area contributed by atoms with Crippen molar-refractivity contribution in [1.82, 2.24) is 15.5 Å². The number of carbonyl (C=O) groups is 2. The Balaban J connectivity index is 1.81. The minimum absolute atomic E-state index is 0.0913. The lowest BCUT2D eigenvalue weighted by Gasteiger charge is -2.25. The van der Waals surface area contributed by atoms with Gasteiger partial charge in [0.1, 0.15) is 5.41 Å². The molecule has 0 saturated carbocycles. The van der Waals surface area contributed by atoms with E-state index in [1.165, 1.54) is 0 Å². The van der Waals surface area contributed by atoms with E-state index in [4.69, 9.17) is 4.74 Å². The molecule has 1 aromatic carbocycles. The standard InChI is InChI=1S/C14H15N3O4/c1-14(13(19)20)7-21-6-11(14)16-12(18)8-2-3-10-9(4-8)5-15-17-10/h2-5,11H,6-7H2,1H3,(H,15,17)(H,16,18)(H,19,20). The normalized spacial score (nSPS) is 25.1. The van der Waals surface area contributed by atoms with Crippen LogP contribution >= 0.6 is 0 Å². The highest BCUT2D eigenvalue weighted by molar-refractivity contribution is 5.98. The van der Waals surface area contributed by atoms with Crippen LogP contribution in [0.15, 0.2) is 24.4 Å². The molecular weight excluding hydrogens is 274 g/mol. The molecule has 0 radical (unpaired) electrons. The molecule has 2 aromatic rings. The minimum atomic E-state index is -1.10. The second kappa shape index (κ2) is 4.85. The topological polar surface area (TPSA) is 104 Å². The van der Waals surface area contributed by atoms with Crippen LogP contribution in [0.5, 0.6) is 0 Å². The molecule has 0 bridgehead atoms. The molecule has 7 nitrogen and oxygen atoms in total. The first-order chi connectivity index (χ1) is 10.0. The molecule has 21 heavy (non-hydrogen) atoms. The summed E-state index contributed by atoms with van der Waals surface area (Å²) in [5, 5.41) is 19.6. The zero-order valence-electron chi connectivity index (χ0n) is 11.4. The molecule has 2 unspecified atom stereocenters. The Labute approximate surface area is 120 Å². The van der Waals surface area contributed by atoms with E-state index in [0.29, 0.717) is 5.56 Å². The molecule has 1 aliphatic heterocycles. The van der Waals surface area contributed by atoms with Crippen LogP contribution in [-0.2, 0) is 9.53 Å². The third kappa shape index (κ3) is 2.25. The third-order valence-electron chi connectivity index (χ3n) is 3.95. The first kappa shape index (κ1) is 13.6. The van der Waals surface area contributed by atoms with Gasteiger partial charge in [0.05, 0.1) is 31.0 Å². The number of aromatic nitrogens is 2. The molecule has 1 saturated heterocycles. The maximum absolute atomic E-state index is 12.3. The summed E-state index contributed by atoms with van der Waals surface area (Å²) in [4.78, 5) is 23.6. The number of amides is 1. The quantitative estimate of drug-likeness (QED) is 0.774. The van der Waals surface area contributed by atoms with Crippen molar-refractivity contribution < 1.29 is 19.4 Å². The van der Waals surface area contributed by atoms with Gasteiger partial charge in [-0.2, -0.15) is 5.10 Å². The van der Waals surface area contributed by atoms with Crippen molar-refractivity contribution in [3.8, 4) is 0 Å². The highest BCUT2D eigenvalue weighted by Gasteiger charge is 2.47. The van der Waals surface area contributed by atoms with Gasteiger partial charge in [0.2, 0.25) is 0 Å². The van der Waals surface area contributed by atoms with Gasteiger partial charge in [-0.1, -0.05) is 0 Å². The fourth-order valence-corrected chi connectivity index (χ4v) is 2.41. The highest BCUT2D eigenvalue weighted by Crippen LogP contribution is 2.29. The van der Waals surface area contributed by atoms with Gasteiger partial charge < -0.3 is 15.2 Å². The maximum Gasteiger partial charge on any atom is 0.313 e. The van der Waals surface area contributed by atoms with E-state index in [0.717, 1.165) is 10.9 Å². The van der Waals surface area contributed by atoms with E-state index in [9.17, 15) is 14.7 Å². The lowest BCUT2D eigenvalue weighted by Crippen LogP contribution is -2.49. The molecule has 1 aromatic heterocycles. The van der Waals surface area contributed by atoms with Crippen molar-refractivity contribution in [2.45, 2.75) is 13.0 Å². The van der Waals surface area contributed by atoms with E-state index in [1.807, 2.05) is 0 Å². The van der Waals surface area contributed by atoms with Crippen molar-refractivity contribution in [3.63, 3.8) is 0 Å². The number of nitrogens with zero attached hydrogens (tertiary/aromatic N) is 1. The van der Waals surface area contributed by atoms with Crippen LogP contribution in [0.2, 0.25) is 0 Å². The van der Waals surface area contributed by atoms with Gasteiger partial charge in [-0.05, 0) is 25.1 Å². The van der Waals surface area contributed by atoms with E-state index in [-0.39, 0.29) is 19.1 Å². The Hall–Kier alpha value is -2.41. The van der Waals surface area contributed by atoms with Gasteiger partial charge >= 0.3 is 5.97 Å². The van der Waals surface area contributed by atoms with Crippen molar-refractivity contribution in [3.05, 3.63) is 30.0 Å². The molecule has 7 heteroatoms. The number of benzene rings is 1. The van der Waals surface area contributed by atoms with Crippen molar-refractivity contribution in [1.29, 1.82) is 0 Å². The molecule has 0 aliphatic carbocycles. The van der Waals surface area contributed by atoms with Crippen LogP contribution in [0.3, 0.4) is 0 Å². The van der Waals surface area contributed by atoms with E-state index < -0.39 is 17.4 Å². The van der Waals surface area contributed by atoms with Crippen LogP contribution in [0, 0.1) is 5.41 Å². The zero-order chi connectivity index (χ0) is 15.0. The van der Waals surface area contributed by atoms with Crippen molar-refractivity contribution in [2.75, 3.05) is 13.2 Å².